The van der Waals surface area contributed by atoms with Crippen LogP contribution < -0.4 is 0 Å². The maximum Gasteiger partial charge on any atom is 0.165 e. The van der Waals surface area contributed by atoms with Crippen molar-refractivity contribution >= 4 is 0 Å². The van der Waals surface area contributed by atoms with Gasteiger partial charge in [0.2, 0.25) is 0 Å². The molecule has 1 aliphatic heterocycles. The van der Waals surface area contributed by atoms with Gasteiger partial charge in [-0.1, -0.05) is 19.8 Å². The Labute approximate surface area is 142 Å². The van der Waals surface area contributed by atoms with Crippen molar-refractivity contribution in [2.45, 2.75) is 70.7 Å². The summed E-state index contributed by atoms with van der Waals surface area (Å²) in [4.78, 5) is 2.43. The van der Waals surface area contributed by atoms with Gasteiger partial charge in [-0.2, -0.15) is 0 Å². The van der Waals surface area contributed by atoms with Crippen molar-refractivity contribution in [1.29, 1.82) is 0 Å². The average Bonchev–Trinajstić information content (AvgIpc) is 3.20. The smallest absolute Gasteiger partial charge is 0.165 e. The summed E-state index contributed by atoms with van der Waals surface area (Å²) in [5.74, 6) is 1.56. The lowest BCUT2D eigenvalue weighted by molar-refractivity contribution is 0.0811. The van der Waals surface area contributed by atoms with E-state index in [1.54, 1.807) is 6.26 Å². The summed E-state index contributed by atoms with van der Waals surface area (Å²) in [5, 5.41) is 22.6. The Morgan fingerprint density at radius 1 is 1.38 bits per heavy atom. The second kappa shape index (κ2) is 8.39. The number of aliphatic hydroxyl groups excluding tert-OH is 1. The van der Waals surface area contributed by atoms with Crippen molar-refractivity contribution in [1.82, 2.24) is 25.1 Å². The minimum absolute atomic E-state index is 0.319. The van der Waals surface area contributed by atoms with Crippen molar-refractivity contribution in [3.63, 3.8) is 0 Å². The molecule has 0 amide bonds. The fraction of sp³-hybridized carbons (Fsp3) is 0.706. The van der Waals surface area contributed by atoms with Crippen LogP contribution in [0.2, 0.25) is 0 Å². The van der Waals surface area contributed by atoms with E-state index < -0.39 is 6.10 Å². The van der Waals surface area contributed by atoms with Crippen LogP contribution in [0.5, 0.6) is 0 Å². The molecule has 0 radical (unpaired) electrons. The molecule has 1 fully saturated rings. The van der Waals surface area contributed by atoms with Gasteiger partial charge in [-0.3, -0.25) is 4.90 Å². The highest BCUT2D eigenvalue weighted by atomic mass is 16.4. The molecule has 2 aromatic rings. The van der Waals surface area contributed by atoms with Crippen LogP contribution in [-0.4, -0.2) is 42.8 Å². The zero-order chi connectivity index (χ0) is 16.8. The maximum absolute atomic E-state index is 10.5. The fourth-order valence-electron chi connectivity index (χ4n) is 3.47. The topological polar surface area (TPSA) is 80.2 Å². The van der Waals surface area contributed by atoms with Crippen molar-refractivity contribution in [2.24, 2.45) is 0 Å². The Balaban J connectivity index is 1.69. The van der Waals surface area contributed by atoms with Gasteiger partial charge in [-0.25, -0.2) is 4.68 Å². The van der Waals surface area contributed by atoms with E-state index in [1.165, 1.54) is 19.3 Å². The van der Waals surface area contributed by atoms with Crippen LogP contribution >= 0.6 is 0 Å². The normalized spacial score (nSPS) is 20.8. The molecule has 3 rings (SSSR count). The molecule has 24 heavy (non-hydrogen) atoms. The lowest BCUT2D eigenvalue weighted by Gasteiger charge is -2.30. The molecule has 0 spiro atoms. The number of nitrogens with zero attached hydrogens (tertiary/aromatic N) is 5. The monoisotopic (exact) mass is 333 g/mol. The van der Waals surface area contributed by atoms with E-state index in [2.05, 4.69) is 27.3 Å². The van der Waals surface area contributed by atoms with Gasteiger partial charge in [0.25, 0.3) is 0 Å². The largest absolute Gasteiger partial charge is 0.467 e. The number of aryl methyl sites for hydroxylation is 1. The predicted molar refractivity (Wildman–Crippen MR) is 89.1 cm³/mol. The molecule has 3 heterocycles. The van der Waals surface area contributed by atoms with Gasteiger partial charge in [0.1, 0.15) is 11.9 Å². The van der Waals surface area contributed by atoms with Crippen molar-refractivity contribution in [2.75, 3.05) is 6.54 Å². The van der Waals surface area contributed by atoms with Crippen LogP contribution in [-0.2, 0) is 13.1 Å². The molecule has 1 saturated heterocycles. The number of tetrazole rings is 1. The van der Waals surface area contributed by atoms with Crippen molar-refractivity contribution in [3.05, 3.63) is 30.0 Å². The minimum atomic E-state index is -0.558. The number of aromatic nitrogens is 4. The number of likely N-dealkylation sites (tertiary alicyclic amines) is 1. The van der Waals surface area contributed by atoms with Crippen molar-refractivity contribution in [3.8, 4) is 0 Å². The number of hydrogen-bond donors (Lipinski definition) is 1. The first-order valence-corrected chi connectivity index (χ1v) is 8.98. The van der Waals surface area contributed by atoms with Crippen LogP contribution in [0.3, 0.4) is 0 Å². The van der Waals surface area contributed by atoms with Gasteiger partial charge >= 0.3 is 0 Å². The van der Waals surface area contributed by atoms with Crippen LogP contribution in [0.4, 0.5) is 0 Å². The summed E-state index contributed by atoms with van der Waals surface area (Å²) in [6.07, 6.45) is 7.47. The molecule has 1 N–H and O–H groups in total. The number of furan rings is 1. The quantitative estimate of drug-likeness (QED) is 0.839. The van der Waals surface area contributed by atoms with Gasteiger partial charge < -0.3 is 9.52 Å². The highest BCUT2D eigenvalue weighted by Gasteiger charge is 2.26. The van der Waals surface area contributed by atoms with Gasteiger partial charge in [0.05, 0.1) is 12.8 Å². The molecule has 7 heteroatoms. The van der Waals surface area contributed by atoms with E-state index in [-0.39, 0.29) is 0 Å². The molecule has 132 valence electrons. The third-order valence-corrected chi connectivity index (χ3v) is 4.75. The van der Waals surface area contributed by atoms with E-state index in [1.807, 2.05) is 16.8 Å². The summed E-state index contributed by atoms with van der Waals surface area (Å²) in [6.45, 7) is 4.73. The predicted octanol–water partition coefficient (Wildman–Crippen LogP) is 2.54. The molecular formula is C17H27N5O2. The summed E-state index contributed by atoms with van der Waals surface area (Å²) >= 11 is 0. The van der Waals surface area contributed by atoms with Crippen molar-refractivity contribution < 1.29 is 9.52 Å². The lowest BCUT2D eigenvalue weighted by atomic mass is 10.0. The third kappa shape index (κ3) is 4.21. The third-order valence-electron chi connectivity index (χ3n) is 4.75. The zero-order valence-corrected chi connectivity index (χ0v) is 14.3. The summed E-state index contributed by atoms with van der Waals surface area (Å²) in [5.41, 5.74) is 0. The van der Waals surface area contributed by atoms with E-state index in [9.17, 15) is 5.11 Å². The van der Waals surface area contributed by atoms with Crippen LogP contribution in [0.1, 0.15) is 63.1 Å². The summed E-state index contributed by atoms with van der Waals surface area (Å²) in [6, 6.07) is 3.98. The summed E-state index contributed by atoms with van der Waals surface area (Å²) < 4.78 is 7.25. The Morgan fingerprint density at radius 2 is 2.29 bits per heavy atom. The fourth-order valence-corrected chi connectivity index (χ4v) is 3.47. The minimum Gasteiger partial charge on any atom is -0.467 e. The zero-order valence-electron chi connectivity index (χ0n) is 14.3. The van der Waals surface area contributed by atoms with Gasteiger partial charge in [0, 0.05) is 12.6 Å². The standard InChI is InChI=1S/C17H27N5O2/c1-2-9-22-17(18-19-20-22)13-21-10-5-3-4-7-14(21)12-15(23)16-8-6-11-24-16/h6,8,11,14-15,23H,2-5,7,9-10,12-13H2,1H3. The van der Waals surface area contributed by atoms with E-state index in [4.69, 9.17) is 4.42 Å². The van der Waals surface area contributed by atoms with E-state index >= 15 is 0 Å². The first-order chi connectivity index (χ1) is 11.8. The van der Waals surface area contributed by atoms with E-state index in [0.717, 1.165) is 38.3 Å². The Bertz CT molecular complexity index is 598. The van der Waals surface area contributed by atoms with Gasteiger partial charge in [-0.05, 0) is 54.8 Å². The molecule has 2 aromatic heterocycles. The molecule has 7 nitrogen and oxygen atoms in total. The van der Waals surface area contributed by atoms with Crippen LogP contribution in [0.25, 0.3) is 0 Å². The Morgan fingerprint density at radius 3 is 3.08 bits per heavy atom. The molecule has 0 saturated carbocycles. The second-order valence-corrected chi connectivity index (χ2v) is 6.56. The SMILES string of the molecule is CCCn1nnnc1CN1CCCCCC1CC(O)c1ccco1. The maximum atomic E-state index is 10.5. The first-order valence-electron chi connectivity index (χ1n) is 8.98. The number of aliphatic hydroxyl groups is 1. The molecule has 2 atom stereocenters. The molecule has 1 aliphatic rings. The molecule has 0 aliphatic carbocycles. The highest BCUT2D eigenvalue weighted by molar-refractivity contribution is 5.02. The first kappa shape index (κ1) is 17.1. The van der Waals surface area contributed by atoms with Crippen LogP contribution in [0, 0.1) is 0 Å². The summed E-state index contributed by atoms with van der Waals surface area (Å²) in [7, 11) is 0. The number of rotatable bonds is 7. The number of hydrogen-bond acceptors (Lipinski definition) is 6. The van der Waals surface area contributed by atoms with Gasteiger partial charge in [0.15, 0.2) is 5.82 Å². The van der Waals surface area contributed by atoms with E-state index in [0.29, 0.717) is 18.2 Å². The Kier molecular flexibility index (Phi) is 5.98. The molecular weight excluding hydrogens is 306 g/mol. The molecule has 0 aromatic carbocycles. The Hall–Kier alpha value is -1.73. The average molecular weight is 333 g/mol. The molecule has 2 unspecified atom stereocenters. The van der Waals surface area contributed by atoms with Gasteiger partial charge in [-0.15, -0.1) is 5.10 Å². The molecule has 0 bridgehead atoms. The highest BCUT2D eigenvalue weighted by Crippen LogP contribution is 2.27. The second-order valence-electron chi connectivity index (χ2n) is 6.56. The lowest BCUT2D eigenvalue weighted by Crippen LogP contribution is -2.36. The van der Waals surface area contributed by atoms with Crippen LogP contribution in [0.15, 0.2) is 22.8 Å².